The van der Waals surface area contributed by atoms with Crippen molar-refractivity contribution in [2.45, 2.75) is 44.2 Å². The maximum atomic E-state index is 13.0. The molecule has 0 bridgehead atoms. The molecule has 0 saturated carbocycles. The summed E-state index contributed by atoms with van der Waals surface area (Å²) < 4.78 is 27.3. The number of nitrogens with one attached hydrogen (secondary N) is 1. The van der Waals surface area contributed by atoms with Gasteiger partial charge in [0, 0.05) is 29.7 Å². The third-order valence-electron chi connectivity index (χ3n) is 4.46. The van der Waals surface area contributed by atoms with Crippen molar-refractivity contribution < 1.29 is 13.2 Å². The summed E-state index contributed by atoms with van der Waals surface area (Å²) >= 11 is 5.86. The molecule has 29 heavy (non-hydrogen) atoms. The topological polar surface area (TPSA) is 66.5 Å². The van der Waals surface area contributed by atoms with Gasteiger partial charge in [-0.2, -0.15) is 4.31 Å². The van der Waals surface area contributed by atoms with E-state index in [2.05, 4.69) is 18.8 Å². The first kappa shape index (κ1) is 23.1. The zero-order valence-electron chi connectivity index (χ0n) is 16.8. The molecule has 0 fully saturated rings. The van der Waals surface area contributed by atoms with E-state index in [9.17, 15) is 13.2 Å². The van der Waals surface area contributed by atoms with Gasteiger partial charge in [-0.05, 0) is 55.3 Å². The Hall–Kier alpha value is -2.15. The molecule has 2 rings (SSSR count). The van der Waals surface area contributed by atoms with Crippen LogP contribution in [0.2, 0.25) is 5.02 Å². The Kier molecular flexibility index (Phi) is 8.44. The number of sulfonamides is 1. The van der Waals surface area contributed by atoms with E-state index in [0.717, 1.165) is 18.4 Å². The highest BCUT2D eigenvalue weighted by molar-refractivity contribution is 7.89. The van der Waals surface area contributed by atoms with Crippen LogP contribution in [0.3, 0.4) is 0 Å². The monoisotopic (exact) mass is 434 g/mol. The van der Waals surface area contributed by atoms with E-state index in [1.807, 2.05) is 6.92 Å². The van der Waals surface area contributed by atoms with Crippen molar-refractivity contribution in [3.05, 3.63) is 77.3 Å². The van der Waals surface area contributed by atoms with E-state index in [1.54, 1.807) is 42.5 Å². The number of halogens is 1. The SMILES string of the molecule is C=CCN(Cc1ccc(C(=O)NC(C)CCC)cc1)S(=O)(=O)c1ccc(Cl)cc1. The van der Waals surface area contributed by atoms with Gasteiger partial charge in [0.1, 0.15) is 0 Å². The number of hydrogen-bond acceptors (Lipinski definition) is 3. The third kappa shape index (κ3) is 6.42. The first-order valence-electron chi connectivity index (χ1n) is 9.54. The van der Waals surface area contributed by atoms with Crippen LogP contribution in [0.5, 0.6) is 0 Å². The highest BCUT2D eigenvalue weighted by Gasteiger charge is 2.23. The second-order valence-electron chi connectivity index (χ2n) is 6.90. The smallest absolute Gasteiger partial charge is 0.251 e. The van der Waals surface area contributed by atoms with Gasteiger partial charge in [-0.25, -0.2) is 8.42 Å². The van der Waals surface area contributed by atoms with Gasteiger partial charge in [-0.3, -0.25) is 4.79 Å². The van der Waals surface area contributed by atoms with Crippen molar-refractivity contribution in [2.24, 2.45) is 0 Å². The van der Waals surface area contributed by atoms with Gasteiger partial charge in [0.05, 0.1) is 4.90 Å². The fourth-order valence-electron chi connectivity index (χ4n) is 2.92. The van der Waals surface area contributed by atoms with Crippen LogP contribution >= 0.6 is 11.6 Å². The van der Waals surface area contributed by atoms with Gasteiger partial charge < -0.3 is 5.32 Å². The lowest BCUT2D eigenvalue weighted by atomic mass is 10.1. The molecule has 7 heteroatoms. The number of nitrogens with zero attached hydrogens (tertiary/aromatic N) is 1. The lowest BCUT2D eigenvalue weighted by molar-refractivity contribution is 0.0938. The van der Waals surface area contributed by atoms with Crippen molar-refractivity contribution in [1.82, 2.24) is 9.62 Å². The number of rotatable bonds is 10. The molecule has 0 heterocycles. The largest absolute Gasteiger partial charge is 0.350 e. The Morgan fingerprint density at radius 3 is 2.34 bits per heavy atom. The van der Waals surface area contributed by atoms with Crippen LogP contribution in [0.25, 0.3) is 0 Å². The van der Waals surface area contributed by atoms with E-state index in [1.165, 1.54) is 16.4 Å². The highest BCUT2D eigenvalue weighted by Crippen LogP contribution is 2.21. The summed E-state index contributed by atoms with van der Waals surface area (Å²) in [6, 6.07) is 13.1. The maximum absolute atomic E-state index is 13.0. The standard InChI is InChI=1S/C22H27ClN2O3S/c1-4-6-17(3)24-22(26)19-9-7-18(8-10-19)16-25(15-5-2)29(27,28)21-13-11-20(23)12-14-21/h5,7-14,17H,2,4,6,15-16H2,1,3H3,(H,24,26). The van der Waals surface area contributed by atoms with Crippen LogP contribution in [0, 0.1) is 0 Å². The maximum Gasteiger partial charge on any atom is 0.251 e. The summed E-state index contributed by atoms with van der Waals surface area (Å²) in [5.41, 5.74) is 1.33. The first-order valence-corrected chi connectivity index (χ1v) is 11.4. The zero-order valence-corrected chi connectivity index (χ0v) is 18.3. The number of hydrogen-bond donors (Lipinski definition) is 1. The first-order chi connectivity index (χ1) is 13.8. The predicted molar refractivity (Wildman–Crippen MR) is 118 cm³/mol. The molecule has 1 unspecified atom stereocenters. The van der Waals surface area contributed by atoms with E-state index in [4.69, 9.17) is 11.6 Å². The van der Waals surface area contributed by atoms with Crippen LogP contribution in [0.4, 0.5) is 0 Å². The lowest BCUT2D eigenvalue weighted by Gasteiger charge is -2.21. The number of carbonyl (C=O) groups is 1. The molecule has 0 aliphatic rings. The second kappa shape index (κ2) is 10.6. The second-order valence-corrected chi connectivity index (χ2v) is 9.27. The van der Waals surface area contributed by atoms with Crippen molar-refractivity contribution in [1.29, 1.82) is 0 Å². The quantitative estimate of drug-likeness (QED) is 0.554. The Labute approximate surface area is 178 Å². The molecule has 1 atom stereocenters. The van der Waals surface area contributed by atoms with Crippen molar-refractivity contribution in [3.63, 3.8) is 0 Å². The minimum Gasteiger partial charge on any atom is -0.350 e. The van der Waals surface area contributed by atoms with Gasteiger partial charge >= 0.3 is 0 Å². The van der Waals surface area contributed by atoms with Crippen LogP contribution < -0.4 is 5.32 Å². The molecule has 0 spiro atoms. The number of carbonyl (C=O) groups excluding carboxylic acids is 1. The number of amides is 1. The molecule has 2 aromatic carbocycles. The van der Waals surface area contributed by atoms with Gasteiger partial charge in [0.2, 0.25) is 10.0 Å². The average molecular weight is 435 g/mol. The molecule has 0 aliphatic heterocycles. The molecule has 5 nitrogen and oxygen atoms in total. The van der Waals surface area contributed by atoms with E-state index in [0.29, 0.717) is 10.6 Å². The van der Waals surface area contributed by atoms with Crippen molar-refractivity contribution in [2.75, 3.05) is 6.54 Å². The molecule has 1 N–H and O–H groups in total. The lowest BCUT2D eigenvalue weighted by Crippen LogP contribution is -2.32. The van der Waals surface area contributed by atoms with Gasteiger partial charge in [-0.15, -0.1) is 6.58 Å². The summed E-state index contributed by atoms with van der Waals surface area (Å²) in [4.78, 5) is 12.5. The van der Waals surface area contributed by atoms with Crippen LogP contribution in [0.15, 0.2) is 66.1 Å². The molecule has 1 amide bonds. The van der Waals surface area contributed by atoms with E-state index in [-0.39, 0.29) is 29.9 Å². The fraction of sp³-hybridized carbons (Fsp3) is 0.318. The molecule has 0 aromatic heterocycles. The molecular formula is C22H27ClN2O3S. The Morgan fingerprint density at radius 1 is 1.17 bits per heavy atom. The minimum absolute atomic E-state index is 0.111. The Balaban J connectivity index is 2.15. The third-order valence-corrected chi connectivity index (χ3v) is 6.54. The summed E-state index contributed by atoms with van der Waals surface area (Å²) in [7, 11) is -3.70. The molecule has 2 aromatic rings. The van der Waals surface area contributed by atoms with Gasteiger partial charge in [-0.1, -0.05) is 43.2 Å². The molecule has 156 valence electrons. The molecular weight excluding hydrogens is 408 g/mol. The molecule has 0 saturated heterocycles. The van der Waals surface area contributed by atoms with E-state index >= 15 is 0 Å². The zero-order chi connectivity index (χ0) is 21.4. The van der Waals surface area contributed by atoms with Crippen LogP contribution in [-0.4, -0.2) is 31.2 Å². The summed E-state index contributed by atoms with van der Waals surface area (Å²) in [6.07, 6.45) is 3.47. The molecule has 0 radical (unpaired) electrons. The predicted octanol–water partition coefficient (Wildman–Crippen LogP) is 4.64. The van der Waals surface area contributed by atoms with E-state index < -0.39 is 10.0 Å². The van der Waals surface area contributed by atoms with Crippen molar-refractivity contribution >= 4 is 27.5 Å². The van der Waals surface area contributed by atoms with Crippen LogP contribution in [0.1, 0.15) is 42.6 Å². The average Bonchev–Trinajstić information content (AvgIpc) is 2.68. The Morgan fingerprint density at radius 2 is 1.79 bits per heavy atom. The van der Waals surface area contributed by atoms with Crippen LogP contribution in [-0.2, 0) is 16.6 Å². The molecule has 0 aliphatic carbocycles. The Bertz CT molecular complexity index is 926. The highest BCUT2D eigenvalue weighted by atomic mass is 35.5. The van der Waals surface area contributed by atoms with Crippen molar-refractivity contribution in [3.8, 4) is 0 Å². The fourth-order valence-corrected chi connectivity index (χ4v) is 4.45. The summed E-state index contributed by atoms with van der Waals surface area (Å²) in [5, 5.41) is 3.43. The summed E-state index contributed by atoms with van der Waals surface area (Å²) in [5.74, 6) is -0.130. The summed E-state index contributed by atoms with van der Waals surface area (Å²) in [6.45, 7) is 8.05. The normalized spacial score (nSPS) is 12.6. The number of benzene rings is 2. The van der Waals surface area contributed by atoms with Gasteiger partial charge in [0.15, 0.2) is 0 Å². The minimum atomic E-state index is -3.70. The van der Waals surface area contributed by atoms with Gasteiger partial charge in [0.25, 0.3) is 5.91 Å².